The first kappa shape index (κ1) is 14.0. The Kier molecular flexibility index (Phi) is 4.45. The number of carbonyl (C=O) groups is 2. The molecule has 1 aromatic heterocycles. The summed E-state index contributed by atoms with van der Waals surface area (Å²) < 4.78 is 1.81. The molecule has 2 rings (SSSR count). The summed E-state index contributed by atoms with van der Waals surface area (Å²) in [4.78, 5) is 25.8. The molecule has 0 atom stereocenters. The quantitative estimate of drug-likeness (QED) is 0.836. The van der Waals surface area contributed by atoms with Gasteiger partial charge >= 0.3 is 0 Å². The average Bonchev–Trinajstić information content (AvgIpc) is 2.69. The van der Waals surface area contributed by atoms with Crippen molar-refractivity contribution >= 4 is 55.0 Å². The molecule has 0 bridgehead atoms. The van der Waals surface area contributed by atoms with Crippen molar-refractivity contribution in [2.75, 3.05) is 13.1 Å². The summed E-state index contributed by atoms with van der Waals surface area (Å²) >= 11 is 8.16. The van der Waals surface area contributed by atoms with Crippen molar-refractivity contribution in [1.82, 2.24) is 4.90 Å². The zero-order valence-corrected chi connectivity index (χ0v) is 13.5. The summed E-state index contributed by atoms with van der Waals surface area (Å²) in [7, 11) is 0. The van der Waals surface area contributed by atoms with E-state index in [0.717, 1.165) is 8.26 Å². The predicted molar refractivity (Wildman–Crippen MR) is 77.5 cm³/mol. The first-order valence-corrected chi connectivity index (χ1v) is 7.92. The molecule has 0 saturated carbocycles. The number of hydrogen-bond acceptors (Lipinski definition) is 3. The zero-order chi connectivity index (χ0) is 13.3. The van der Waals surface area contributed by atoms with Crippen LogP contribution in [0.2, 0.25) is 0 Å². The van der Waals surface area contributed by atoms with Gasteiger partial charge in [0.15, 0.2) is 0 Å². The highest BCUT2D eigenvalue weighted by Gasteiger charge is 2.27. The largest absolute Gasteiger partial charge is 0.369 e. The number of likely N-dealkylation sites (tertiary alicyclic amines) is 1. The third-order valence-electron chi connectivity index (χ3n) is 3.04. The minimum Gasteiger partial charge on any atom is -0.369 e. The minimum atomic E-state index is -0.260. The second-order valence-electron chi connectivity index (χ2n) is 4.20. The van der Waals surface area contributed by atoms with Crippen LogP contribution in [0.25, 0.3) is 0 Å². The van der Waals surface area contributed by atoms with Crippen molar-refractivity contribution in [2.24, 2.45) is 11.7 Å². The molecule has 1 fully saturated rings. The van der Waals surface area contributed by atoms with E-state index in [1.807, 2.05) is 6.07 Å². The van der Waals surface area contributed by atoms with Crippen LogP contribution in [-0.2, 0) is 4.79 Å². The molecule has 0 radical (unpaired) electrons. The lowest BCUT2D eigenvalue weighted by Crippen LogP contribution is -2.41. The molecule has 0 unspecified atom stereocenters. The van der Waals surface area contributed by atoms with Crippen LogP contribution in [0.3, 0.4) is 0 Å². The number of nitrogens with two attached hydrogens (primary N) is 1. The number of nitrogens with zero attached hydrogens (tertiary/aromatic N) is 1. The monoisotopic (exact) mass is 394 g/mol. The van der Waals surface area contributed by atoms with Gasteiger partial charge in [-0.2, -0.15) is 0 Å². The van der Waals surface area contributed by atoms with E-state index in [0.29, 0.717) is 30.8 Å². The van der Waals surface area contributed by atoms with Gasteiger partial charge in [0, 0.05) is 23.5 Å². The molecule has 2 heterocycles. The molecule has 18 heavy (non-hydrogen) atoms. The number of carbonyl (C=O) groups excluding carboxylic acids is 2. The molecule has 4 nitrogen and oxygen atoms in total. The highest BCUT2D eigenvalue weighted by molar-refractivity contribution is 9.13. The molecule has 1 saturated heterocycles. The Labute approximate surface area is 126 Å². The smallest absolute Gasteiger partial charge is 0.264 e. The fourth-order valence-electron chi connectivity index (χ4n) is 1.97. The predicted octanol–water partition coefficient (Wildman–Crippen LogP) is 2.61. The summed E-state index contributed by atoms with van der Waals surface area (Å²) in [5.41, 5.74) is 5.27. The molecule has 1 aromatic rings. The van der Waals surface area contributed by atoms with Gasteiger partial charge in [0.1, 0.15) is 0 Å². The van der Waals surface area contributed by atoms with Crippen LogP contribution in [0.1, 0.15) is 22.5 Å². The van der Waals surface area contributed by atoms with Crippen LogP contribution in [0.4, 0.5) is 0 Å². The summed E-state index contributed by atoms with van der Waals surface area (Å²) in [5, 5.41) is 0. The Balaban J connectivity index is 2.01. The Bertz CT molecular complexity index is 462. The fourth-order valence-corrected chi connectivity index (χ4v) is 3.98. The number of piperidine rings is 1. The van der Waals surface area contributed by atoms with Gasteiger partial charge in [0.05, 0.1) is 8.66 Å². The van der Waals surface area contributed by atoms with E-state index in [9.17, 15) is 9.59 Å². The second kappa shape index (κ2) is 5.71. The van der Waals surface area contributed by atoms with Crippen LogP contribution in [0.5, 0.6) is 0 Å². The highest BCUT2D eigenvalue weighted by Crippen LogP contribution is 2.33. The molecular formula is C11H12Br2N2O2S. The van der Waals surface area contributed by atoms with E-state index in [4.69, 9.17) is 5.73 Å². The molecule has 1 aliphatic rings. The summed E-state index contributed by atoms with van der Waals surface area (Å²) in [6.45, 7) is 1.19. The Morgan fingerprint density at radius 3 is 2.39 bits per heavy atom. The molecule has 0 aromatic carbocycles. The van der Waals surface area contributed by atoms with Crippen molar-refractivity contribution in [3.8, 4) is 0 Å². The van der Waals surface area contributed by atoms with E-state index >= 15 is 0 Å². The van der Waals surface area contributed by atoms with E-state index in [-0.39, 0.29) is 17.7 Å². The topological polar surface area (TPSA) is 63.4 Å². The summed E-state index contributed by atoms with van der Waals surface area (Å²) in [6.07, 6.45) is 1.32. The SMILES string of the molecule is NC(=O)C1CCN(C(=O)c2cc(Br)c(Br)s2)CC1. The molecule has 2 amide bonds. The fraction of sp³-hybridized carbons (Fsp3) is 0.455. The summed E-state index contributed by atoms with van der Waals surface area (Å²) in [6, 6.07) is 1.82. The van der Waals surface area contributed by atoms with Crippen LogP contribution in [0.15, 0.2) is 14.3 Å². The normalized spacial score (nSPS) is 16.9. The van der Waals surface area contributed by atoms with Crippen LogP contribution in [-0.4, -0.2) is 29.8 Å². The van der Waals surface area contributed by atoms with Gasteiger partial charge < -0.3 is 10.6 Å². The Morgan fingerprint density at radius 1 is 1.33 bits per heavy atom. The molecule has 2 N–H and O–H groups in total. The zero-order valence-electron chi connectivity index (χ0n) is 9.49. The lowest BCUT2D eigenvalue weighted by molar-refractivity contribution is -0.123. The van der Waals surface area contributed by atoms with Crippen molar-refractivity contribution in [1.29, 1.82) is 0 Å². The van der Waals surface area contributed by atoms with Crippen LogP contribution in [0, 0.1) is 5.92 Å². The molecule has 98 valence electrons. The van der Waals surface area contributed by atoms with Gasteiger partial charge in [0.2, 0.25) is 5.91 Å². The van der Waals surface area contributed by atoms with Gasteiger partial charge in [-0.05, 0) is 50.8 Å². The molecule has 0 aliphatic carbocycles. The number of amides is 2. The number of thiophene rings is 1. The third kappa shape index (κ3) is 2.95. The standard InChI is InChI=1S/C11H12Br2N2O2S/c12-7-5-8(18-9(7)13)11(17)15-3-1-6(2-4-15)10(14)16/h5-6H,1-4H2,(H2,14,16). The second-order valence-corrected chi connectivity index (χ2v) is 7.43. The number of halogens is 2. The highest BCUT2D eigenvalue weighted by atomic mass is 79.9. The van der Waals surface area contributed by atoms with Crippen molar-refractivity contribution in [2.45, 2.75) is 12.8 Å². The van der Waals surface area contributed by atoms with E-state index in [1.165, 1.54) is 11.3 Å². The van der Waals surface area contributed by atoms with Crippen molar-refractivity contribution in [3.63, 3.8) is 0 Å². The average molecular weight is 396 g/mol. The maximum atomic E-state index is 12.2. The lowest BCUT2D eigenvalue weighted by atomic mass is 9.96. The molecule has 1 aliphatic heterocycles. The van der Waals surface area contributed by atoms with Crippen LogP contribution < -0.4 is 5.73 Å². The Morgan fingerprint density at radius 2 is 1.94 bits per heavy atom. The maximum Gasteiger partial charge on any atom is 0.264 e. The van der Waals surface area contributed by atoms with Gasteiger partial charge in [-0.15, -0.1) is 11.3 Å². The van der Waals surface area contributed by atoms with Gasteiger partial charge in [-0.25, -0.2) is 0 Å². The third-order valence-corrected chi connectivity index (χ3v) is 6.28. The van der Waals surface area contributed by atoms with Crippen molar-refractivity contribution < 1.29 is 9.59 Å². The van der Waals surface area contributed by atoms with Crippen LogP contribution >= 0.6 is 43.2 Å². The molecule has 0 spiro atoms. The first-order chi connectivity index (χ1) is 8.49. The molecule has 7 heteroatoms. The van der Waals surface area contributed by atoms with Crippen molar-refractivity contribution in [3.05, 3.63) is 19.2 Å². The number of primary amides is 1. The van der Waals surface area contributed by atoms with Gasteiger partial charge in [-0.1, -0.05) is 0 Å². The lowest BCUT2D eigenvalue weighted by Gasteiger charge is -2.30. The van der Waals surface area contributed by atoms with E-state index < -0.39 is 0 Å². The van der Waals surface area contributed by atoms with Gasteiger partial charge in [-0.3, -0.25) is 9.59 Å². The summed E-state index contributed by atoms with van der Waals surface area (Å²) in [5.74, 6) is -0.325. The number of rotatable bonds is 2. The van der Waals surface area contributed by atoms with E-state index in [1.54, 1.807) is 4.90 Å². The minimum absolute atomic E-state index is 0.0225. The van der Waals surface area contributed by atoms with E-state index in [2.05, 4.69) is 31.9 Å². The first-order valence-electron chi connectivity index (χ1n) is 5.52. The maximum absolute atomic E-state index is 12.2. The Hall–Kier alpha value is -0.400. The number of hydrogen-bond donors (Lipinski definition) is 1. The van der Waals surface area contributed by atoms with Gasteiger partial charge in [0.25, 0.3) is 5.91 Å². The molecular weight excluding hydrogens is 384 g/mol.